The number of benzene rings is 2. The van der Waals surface area contributed by atoms with Gasteiger partial charge in [-0.1, -0.05) is 29.8 Å². The first-order chi connectivity index (χ1) is 17.1. The smallest absolute Gasteiger partial charge is 0.251 e. The van der Waals surface area contributed by atoms with Crippen LogP contribution in [-0.4, -0.2) is 29.0 Å². The summed E-state index contributed by atoms with van der Waals surface area (Å²) in [5.74, 6) is 0.750. The first kappa shape index (κ1) is 22.9. The van der Waals surface area contributed by atoms with Crippen molar-refractivity contribution in [2.24, 2.45) is 0 Å². The number of aromatic nitrogens is 2. The third-order valence-electron chi connectivity index (χ3n) is 6.22. The molecule has 0 fully saturated rings. The second kappa shape index (κ2) is 10.2. The molecule has 0 unspecified atom stereocenters. The van der Waals surface area contributed by atoms with Crippen LogP contribution in [0.3, 0.4) is 0 Å². The van der Waals surface area contributed by atoms with Crippen LogP contribution in [0.4, 0.5) is 11.5 Å². The van der Waals surface area contributed by atoms with Gasteiger partial charge in [0.25, 0.3) is 5.91 Å². The Morgan fingerprint density at radius 2 is 1.94 bits per heavy atom. The van der Waals surface area contributed by atoms with Crippen LogP contribution in [0.2, 0.25) is 5.02 Å². The predicted octanol–water partition coefficient (Wildman–Crippen LogP) is 5.47. The highest BCUT2D eigenvalue weighted by Crippen LogP contribution is 2.33. The van der Waals surface area contributed by atoms with E-state index in [1.165, 1.54) is 11.1 Å². The van der Waals surface area contributed by atoms with E-state index in [-0.39, 0.29) is 5.91 Å². The highest BCUT2D eigenvalue weighted by molar-refractivity contribution is 6.30. The van der Waals surface area contributed by atoms with Gasteiger partial charge in [0, 0.05) is 60.9 Å². The highest BCUT2D eigenvalue weighted by Gasteiger charge is 2.20. The molecule has 176 valence electrons. The summed E-state index contributed by atoms with van der Waals surface area (Å²) in [6.07, 6.45) is 5.29. The Labute approximate surface area is 210 Å². The van der Waals surface area contributed by atoms with Gasteiger partial charge in [0.2, 0.25) is 0 Å². The molecule has 0 bridgehead atoms. The van der Waals surface area contributed by atoms with E-state index in [1.807, 2.05) is 54.7 Å². The van der Waals surface area contributed by atoms with Crippen LogP contribution in [0.25, 0.3) is 11.1 Å². The predicted molar refractivity (Wildman–Crippen MR) is 141 cm³/mol. The molecule has 0 spiro atoms. The zero-order valence-electron chi connectivity index (χ0n) is 19.5. The van der Waals surface area contributed by atoms with E-state index >= 15 is 0 Å². The van der Waals surface area contributed by atoms with Gasteiger partial charge in [-0.25, -0.2) is 4.98 Å². The molecule has 0 aliphatic carbocycles. The minimum absolute atomic E-state index is 0.116. The SMILES string of the molecule is Cc1ccc(Cl)cc1CN1CCNc2ncc(-c3cccc(C(=O)NCc4ccncc4)c3)cc21. The van der Waals surface area contributed by atoms with Crippen LogP contribution < -0.4 is 15.5 Å². The third-order valence-corrected chi connectivity index (χ3v) is 6.45. The van der Waals surface area contributed by atoms with Crippen molar-refractivity contribution in [1.82, 2.24) is 15.3 Å². The van der Waals surface area contributed by atoms with Gasteiger partial charge in [-0.15, -0.1) is 0 Å². The summed E-state index contributed by atoms with van der Waals surface area (Å²) in [5, 5.41) is 7.12. The molecule has 6 nitrogen and oxygen atoms in total. The van der Waals surface area contributed by atoms with Gasteiger partial charge < -0.3 is 15.5 Å². The van der Waals surface area contributed by atoms with Crippen LogP contribution in [0.5, 0.6) is 0 Å². The summed E-state index contributed by atoms with van der Waals surface area (Å²) in [7, 11) is 0. The van der Waals surface area contributed by atoms with Crippen molar-refractivity contribution in [2.75, 3.05) is 23.3 Å². The lowest BCUT2D eigenvalue weighted by molar-refractivity contribution is 0.0951. The maximum Gasteiger partial charge on any atom is 0.251 e. The molecule has 2 N–H and O–H groups in total. The Hall–Kier alpha value is -3.90. The van der Waals surface area contributed by atoms with Gasteiger partial charge in [-0.2, -0.15) is 0 Å². The fraction of sp³-hybridized carbons (Fsp3) is 0.179. The monoisotopic (exact) mass is 483 g/mol. The number of carbonyl (C=O) groups is 1. The van der Waals surface area contributed by atoms with E-state index in [0.29, 0.717) is 12.1 Å². The fourth-order valence-electron chi connectivity index (χ4n) is 4.22. The Kier molecular flexibility index (Phi) is 6.64. The highest BCUT2D eigenvalue weighted by atomic mass is 35.5. The van der Waals surface area contributed by atoms with Crippen LogP contribution in [0.1, 0.15) is 27.0 Å². The van der Waals surface area contributed by atoms with Gasteiger partial charge in [-0.05, 0) is 71.6 Å². The molecule has 1 aliphatic rings. The molecule has 4 aromatic rings. The second-order valence-electron chi connectivity index (χ2n) is 8.63. The molecule has 0 saturated carbocycles. The minimum atomic E-state index is -0.116. The van der Waals surface area contributed by atoms with E-state index in [4.69, 9.17) is 16.6 Å². The molecule has 2 aromatic carbocycles. The summed E-state index contributed by atoms with van der Waals surface area (Å²) in [6, 6.07) is 19.6. The van der Waals surface area contributed by atoms with Crippen molar-refractivity contribution in [1.29, 1.82) is 0 Å². The van der Waals surface area contributed by atoms with Gasteiger partial charge in [-0.3, -0.25) is 9.78 Å². The lowest BCUT2D eigenvalue weighted by Gasteiger charge is -2.32. The first-order valence-corrected chi connectivity index (χ1v) is 12.0. The summed E-state index contributed by atoms with van der Waals surface area (Å²) >= 11 is 6.26. The van der Waals surface area contributed by atoms with E-state index in [0.717, 1.165) is 52.9 Å². The number of nitrogens with one attached hydrogen (secondary N) is 2. The molecule has 0 radical (unpaired) electrons. The largest absolute Gasteiger partial charge is 0.367 e. The maximum absolute atomic E-state index is 12.8. The molecule has 3 heterocycles. The van der Waals surface area contributed by atoms with Crippen molar-refractivity contribution in [3.63, 3.8) is 0 Å². The van der Waals surface area contributed by atoms with Crippen LogP contribution in [0, 0.1) is 6.92 Å². The number of hydrogen-bond acceptors (Lipinski definition) is 5. The summed E-state index contributed by atoms with van der Waals surface area (Å²) in [4.78, 5) is 23.8. The zero-order valence-corrected chi connectivity index (χ0v) is 20.2. The van der Waals surface area contributed by atoms with Crippen LogP contribution in [0.15, 0.2) is 79.3 Å². The Morgan fingerprint density at radius 3 is 2.80 bits per heavy atom. The second-order valence-corrected chi connectivity index (χ2v) is 9.07. The topological polar surface area (TPSA) is 70.2 Å². The van der Waals surface area contributed by atoms with Crippen molar-refractivity contribution in [3.05, 3.63) is 107 Å². The molecule has 2 aromatic heterocycles. The molecule has 0 atom stereocenters. The number of carbonyl (C=O) groups excluding carboxylic acids is 1. The molecule has 35 heavy (non-hydrogen) atoms. The van der Waals surface area contributed by atoms with E-state index in [9.17, 15) is 4.79 Å². The number of hydrogen-bond donors (Lipinski definition) is 2. The first-order valence-electron chi connectivity index (χ1n) is 11.6. The van der Waals surface area contributed by atoms with Gasteiger partial charge in [0.1, 0.15) is 5.82 Å². The Morgan fingerprint density at radius 1 is 1.09 bits per heavy atom. The number of nitrogens with zero attached hydrogens (tertiary/aromatic N) is 3. The quantitative estimate of drug-likeness (QED) is 0.380. The summed E-state index contributed by atoms with van der Waals surface area (Å²) in [5.41, 5.74) is 6.98. The summed E-state index contributed by atoms with van der Waals surface area (Å²) < 4.78 is 0. The van der Waals surface area contributed by atoms with E-state index in [2.05, 4.69) is 39.6 Å². The van der Waals surface area contributed by atoms with Gasteiger partial charge >= 0.3 is 0 Å². The minimum Gasteiger partial charge on any atom is -0.367 e. The van der Waals surface area contributed by atoms with Crippen LogP contribution in [-0.2, 0) is 13.1 Å². The number of halogens is 1. The number of aryl methyl sites for hydroxylation is 1. The third kappa shape index (κ3) is 5.28. The molecule has 1 aliphatic heterocycles. The molecule has 0 saturated heterocycles. The number of pyridine rings is 2. The molecule has 1 amide bonds. The maximum atomic E-state index is 12.8. The fourth-order valence-corrected chi connectivity index (χ4v) is 4.42. The lowest BCUT2D eigenvalue weighted by Crippen LogP contribution is -2.34. The average Bonchev–Trinajstić information content (AvgIpc) is 2.90. The lowest BCUT2D eigenvalue weighted by atomic mass is 10.0. The van der Waals surface area contributed by atoms with E-state index in [1.54, 1.807) is 12.4 Å². The van der Waals surface area contributed by atoms with Crippen molar-refractivity contribution in [2.45, 2.75) is 20.0 Å². The normalized spacial score (nSPS) is 12.6. The molecular formula is C28H26ClN5O. The van der Waals surface area contributed by atoms with Gasteiger partial charge in [0.15, 0.2) is 0 Å². The average molecular weight is 484 g/mol. The zero-order chi connectivity index (χ0) is 24.2. The standard InChI is InChI=1S/C28H26ClN5O/c1-19-5-6-25(29)14-24(19)18-34-12-11-31-27-26(34)15-23(17-32-27)21-3-2-4-22(13-21)28(35)33-16-20-7-9-30-10-8-20/h2-10,13-15,17H,11-12,16,18H2,1H3,(H,31,32)(H,33,35). The number of fused-ring (bicyclic) bond motifs is 1. The van der Waals surface area contributed by atoms with Crippen molar-refractivity contribution < 1.29 is 4.79 Å². The molecule has 7 heteroatoms. The van der Waals surface area contributed by atoms with Gasteiger partial charge in [0.05, 0.1) is 5.69 Å². The Balaban J connectivity index is 1.38. The van der Waals surface area contributed by atoms with Crippen molar-refractivity contribution >= 4 is 29.0 Å². The van der Waals surface area contributed by atoms with Crippen LogP contribution >= 0.6 is 11.6 Å². The summed E-state index contributed by atoms with van der Waals surface area (Å²) in [6.45, 7) is 5.00. The number of amides is 1. The Bertz CT molecular complexity index is 1360. The van der Waals surface area contributed by atoms with E-state index < -0.39 is 0 Å². The van der Waals surface area contributed by atoms with Crippen molar-refractivity contribution in [3.8, 4) is 11.1 Å². The molecule has 5 rings (SSSR count). The number of anilines is 2. The molecular weight excluding hydrogens is 458 g/mol. The number of rotatable bonds is 6.